The summed E-state index contributed by atoms with van der Waals surface area (Å²) in [5, 5.41) is 11.2. The molecule has 0 aromatic rings. The molecule has 0 unspecified atom stereocenters. The number of hydrogen-bond acceptors (Lipinski definition) is 3. The van der Waals surface area contributed by atoms with Gasteiger partial charge < -0.3 is 10.2 Å². The molecule has 4 heteroatoms. The van der Waals surface area contributed by atoms with E-state index in [0.29, 0.717) is 6.54 Å². The normalized spacial score (nSPS) is 11.8. The highest BCUT2D eigenvalue weighted by atomic mass is 16.1. The first-order chi connectivity index (χ1) is 6.61. The predicted octanol–water partition coefficient (Wildman–Crippen LogP) is 0.648. The lowest BCUT2D eigenvalue weighted by Gasteiger charge is -2.04. The fraction of sp³-hybridized carbons (Fsp3) is 0.400. The number of likely N-dealkylation sites (N-methyl/N-ethyl adjacent to an activating group) is 1. The van der Waals surface area contributed by atoms with Crippen molar-refractivity contribution in [1.82, 2.24) is 10.2 Å². The molecule has 0 radical (unpaired) electrons. The molecule has 0 saturated heterocycles. The van der Waals surface area contributed by atoms with E-state index in [9.17, 15) is 4.79 Å². The molecule has 14 heavy (non-hydrogen) atoms. The van der Waals surface area contributed by atoms with Crippen LogP contribution >= 0.6 is 0 Å². The molecule has 0 aromatic carbocycles. The van der Waals surface area contributed by atoms with Crippen LogP contribution in [-0.2, 0) is 4.79 Å². The number of hydrogen-bond donors (Lipinski definition) is 1. The van der Waals surface area contributed by atoms with Crippen LogP contribution in [0.3, 0.4) is 0 Å². The molecule has 76 valence electrons. The highest BCUT2D eigenvalue weighted by Gasteiger charge is 2.05. The van der Waals surface area contributed by atoms with E-state index in [1.54, 1.807) is 19.1 Å². The van der Waals surface area contributed by atoms with E-state index in [1.165, 1.54) is 6.20 Å². The Morgan fingerprint density at radius 1 is 1.57 bits per heavy atom. The summed E-state index contributed by atoms with van der Waals surface area (Å²) in [6.07, 6.45) is 4.79. The van der Waals surface area contributed by atoms with Crippen LogP contribution in [0.4, 0.5) is 0 Å². The number of nitrogens with one attached hydrogen (secondary N) is 1. The Labute approximate surface area is 84.5 Å². The van der Waals surface area contributed by atoms with Crippen molar-refractivity contribution < 1.29 is 4.79 Å². The first-order valence-electron chi connectivity index (χ1n) is 4.28. The van der Waals surface area contributed by atoms with Gasteiger partial charge in [0.2, 0.25) is 0 Å². The third kappa shape index (κ3) is 5.12. The van der Waals surface area contributed by atoms with Gasteiger partial charge in [-0.25, -0.2) is 0 Å². The lowest BCUT2D eigenvalue weighted by Crippen LogP contribution is -2.20. The molecule has 1 amide bonds. The van der Waals surface area contributed by atoms with Crippen LogP contribution in [0.25, 0.3) is 0 Å². The summed E-state index contributed by atoms with van der Waals surface area (Å²) in [6.45, 7) is 2.36. The minimum absolute atomic E-state index is 0.136. The minimum atomic E-state index is -0.368. The predicted molar refractivity (Wildman–Crippen MR) is 55.2 cm³/mol. The molecular formula is C10H15N3O. The van der Waals surface area contributed by atoms with Gasteiger partial charge in [0.25, 0.3) is 5.91 Å². The Morgan fingerprint density at radius 3 is 2.64 bits per heavy atom. The Bertz CT molecular complexity index is 284. The van der Waals surface area contributed by atoms with E-state index in [4.69, 9.17) is 5.26 Å². The second kappa shape index (κ2) is 6.87. The highest BCUT2D eigenvalue weighted by molar-refractivity contribution is 5.97. The summed E-state index contributed by atoms with van der Waals surface area (Å²) in [7, 11) is 3.74. The zero-order chi connectivity index (χ0) is 11.0. The number of nitriles is 1. The smallest absolute Gasteiger partial charge is 0.265 e. The van der Waals surface area contributed by atoms with Crippen molar-refractivity contribution >= 4 is 5.91 Å². The average Bonchev–Trinajstić information content (AvgIpc) is 2.15. The van der Waals surface area contributed by atoms with Crippen molar-refractivity contribution in [2.75, 3.05) is 20.6 Å². The average molecular weight is 193 g/mol. The third-order valence-electron chi connectivity index (χ3n) is 1.41. The van der Waals surface area contributed by atoms with E-state index in [1.807, 2.05) is 25.1 Å². The maximum Gasteiger partial charge on any atom is 0.265 e. The second-order valence-electron chi connectivity index (χ2n) is 2.97. The Balaban J connectivity index is 4.34. The largest absolute Gasteiger partial charge is 0.328 e. The van der Waals surface area contributed by atoms with E-state index in [0.717, 1.165) is 0 Å². The first kappa shape index (κ1) is 12.4. The van der Waals surface area contributed by atoms with Gasteiger partial charge in [0.1, 0.15) is 11.6 Å². The van der Waals surface area contributed by atoms with Gasteiger partial charge >= 0.3 is 0 Å². The van der Waals surface area contributed by atoms with Crippen molar-refractivity contribution in [1.29, 1.82) is 5.26 Å². The van der Waals surface area contributed by atoms with Gasteiger partial charge in [-0.2, -0.15) is 5.26 Å². The van der Waals surface area contributed by atoms with E-state index in [2.05, 4.69) is 5.32 Å². The molecule has 1 N–H and O–H groups in total. The number of carbonyl (C=O) groups is 1. The zero-order valence-corrected chi connectivity index (χ0v) is 8.74. The van der Waals surface area contributed by atoms with Crippen molar-refractivity contribution in [3.63, 3.8) is 0 Å². The van der Waals surface area contributed by atoms with Gasteiger partial charge in [0, 0.05) is 6.54 Å². The van der Waals surface area contributed by atoms with Crippen molar-refractivity contribution in [2.24, 2.45) is 0 Å². The lowest BCUT2D eigenvalue weighted by molar-refractivity contribution is -0.116. The molecule has 0 rings (SSSR count). The summed E-state index contributed by atoms with van der Waals surface area (Å²) < 4.78 is 0. The number of carbonyl (C=O) groups excluding carboxylic acids is 1. The van der Waals surface area contributed by atoms with E-state index >= 15 is 0 Å². The number of nitrogens with zero attached hydrogens (tertiary/aromatic N) is 2. The maximum absolute atomic E-state index is 11.3. The monoisotopic (exact) mass is 193 g/mol. The molecule has 0 bridgehead atoms. The van der Waals surface area contributed by atoms with Gasteiger partial charge in [-0.1, -0.05) is 6.08 Å². The number of amides is 1. The molecule has 0 aliphatic heterocycles. The highest BCUT2D eigenvalue weighted by Crippen LogP contribution is 1.93. The maximum atomic E-state index is 11.3. The van der Waals surface area contributed by atoms with E-state index in [-0.39, 0.29) is 11.5 Å². The van der Waals surface area contributed by atoms with Crippen LogP contribution in [0.1, 0.15) is 6.92 Å². The fourth-order valence-electron chi connectivity index (χ4n) is 0.700. The fourth-order valence-corrected chi connectivity index (χ4v) is 0.700. The van der Waals surface area contributed by atoms with Crippen LogP contribution in [0.5, 0.6) is 0 Å². The van der Waals surface area contributed by atoms with Gasteiger partial charge in [-0.05, 0) is 33.3 Å². The van der Waals surface area contributed by atoms with Crippen molar-refractivity contribution in [2.45, 2.75) is 6.92 Å². The van der Waals surface area contributed by atoms with Gasteiger partial charge in [0.05, 0.1) is 0 Å². The lowest BCUT2D eigenvalue weighted by atomic mass is 10.2. The standard InChI is InChI=1S/C10H15N3O/c1-4-6-12-10(14)9(8-11)5-7-13(2)3/h4-6H,7H2,1-3H3,(H,12,14). The SMILES string of the molecule is CC=CNC(=O)C(C#N)=CCN(C)C. The summed E-state index contributed by atoms with van der Waals surface area (Å²) >= 11 is 0. The summed E-state index contributed by atoms with van der Waals surface area (Å²) in [5.41, 5.74) is 0.136. The van der Waals surface area contributed by atoms with Gasteiger partial charge in [0.15, 0.2) is 0 Å². The first-order valence-corrected chi connectivity index (χ1v) is 4.28. The summed E-state index contributed by atoms with van der Waals surface area (Å²) in [5.74, 6) is -0.368. The van der Waals surface area contributed by atoms with Gasteiger partial charge in [-0.3, -0.25) is 4.79 Å². The quantitative estimate of drug-likeness (QED) is 0.526. The van der Waals surface area contributed by atoms with E-state index < -0.39 is 0 Å². The Hall–Kier alpha value is -1.60. The molecule has 0 aromatic heterocycles. The molecule has 0 saturated carbocycles. The molecule has 0 aliphatic carbocycles. The minimum Gasteiger partial charge on any atom is -0.328 e. The Morgan fingerprint density at radius 2 is 2.21 bits per heavy atom. The molecule has 0 aliphatic rings. The number of allylic oxidation sites excluding steroid dienone is 1. The van der Waals surface area contributed by atoms with Gasteiger partial charge in [-0.15, -0.1) is 0 Å². The molecule has 0 atom stereocenters. The van der Waals surface area contributed by atoms with Crippen LogP contribution in [-0.4, -0.2) is 31.4 Å². The summed E-state index contributed by atoms with van der Waals surface area (Å²) in [4.78, 5) is 13.1. The van der Waals surface area contributed by atoms with Crippen molar-refractivity contribution in [3.05, 3.63) is 23.9 Å². The topological polar surface area (TPSA) is 56.1 Å². The molecule has 4 nitrogen and oxygen atoms in total. The Kier molecular flexibility index (Phi) is 6.08. The van der Waals surface area contributed by atoms with Crippen LogP contribution in [0.15, 0.2) is 23.9 Å². The van der Waals surface area contributed by atoms with Crippen molar-refractivity contribution in [3.8, 4) is 6.07 Å². The zero-order valence-electron chi connectivity index (χ0n) is 8.74. The van der Waals surface area contributed by atoms with Crippen LogP contribution in [0.2, 0.25) is 0 Å². The second-order valence-corrected chi connectivity index (χ2v) is 2.97. The third-order valence-corrected chi connectivity index (χ3v) is 1.41. The molecule has 0 spiro atoms. The molecular weight excluding hydrogens is 178 g/mol. The molecule has 0 heterocycles. The summed E-state index contributed by atoms with van der Waals surface area (Å²) in [6, 6.07) is 1.85. The van der Waals surface area contributed by atoms with Crippen LogP contribution in [0, 0.1) is 11.3 Å². The molecule has 0 fully saturated rings. The van der Waals surface area contributed by atoms with Crippen LogP contribution < -0.4 is 5.32 Å². The number of rotatable bonds is 4.